The predicted octanol–water partition coefficient (Wildman–Crippen LogP) is 6.73. The molecule has 0 spiro atoms. The minimum Gasteiger partial charge on any atom is -0.479 e. The molecule has 1 heterocycles. The first kappa shape index (κ1) is 33.4. The first-order valence-electron chi connectivity index (χ1n) is 17.3. The molecule has 0 aliphatic heterocycles. The number of ketones is 1. The van der Waals surface area contributed by atoms with Gasteiger partial charge in [0.25, 0.3) is 5.91 Å². The summed E-state index contributed by atoms with van der Waals surface area (Å²) in [4.78, 5) is 39.3. The van der Waals surface area contributed by atoms with Gasteiger partial charge in [0.2, 0.25) is 5.78 Å². The molecule has 0 aromatic carbocycles. The molecule has 5 aliphatic rings. The van der Waals surface area contributed by atoms with Crippen molar-refractivity contribution in [3.8, 4) is 0 Å². The van der Waals surface area contributed by atoms with Crippen LogP contribution in [0.2, 0.25) is 0 Å². The van der Waals surface area contributed by atoms with Gasteiger partial charge in [-0.15, -0.1) is 5.10 Å². The highest BCUT2D eigenvalue weighted by Crippen LogP contribution is 2.75. The third-order valence-electron chi connectivity index (χ3n) is 13.4. The van der Waals surface area contributed by atoms with Gasteiger partial charge in [0.05, 0.1) is 25.3 Å². The molecule has 3 fully saturated rings. The largest absolute Gasteiger partial charge is 0.479 e. The molecule has 9 heteroatoms. The van der Waals surface area contributed by atoms with Gasteiger partial charge >= 0.3 is 5.97 Å². The lowest BCUT2D eigenvalue weighted by atomic mass is 9.34. The highest BCUT2D eigenvalue weighted by Gasteiger charge is 2.67. The van der Waals surface area contributed by atoms with Gasteiger partial charge in [0.1, 0.15) is 5.69 Å². The fraction of sp³-hybridized carbons (Fsp3) is 0.658. The number of hydrogen-bond acceptors (Lipinski definition) is 7. The van der Waals surface area contributed by atoms with Crippen LogP contribution in [-0.2, 0) is 30.4 Å². The number of hydrogen-bond donors (Lipinski definition) is 1. The summed E-state index contributed by atoms with van der Waals surface area (Å²) in [5, 5.41) is 11.0. The Morgan fingerprint density at radius 1 is 1.04 bits per heavy atom. The quantitative estimate of drug-likeness (QED) is 0.328. The number of ether oxygens (including phenoxy) is 2. The number of nitrogens with zero attached hydrogens (tertiary/aromatic N) is 3. The van der Waals surface area contributed by atoms with Crippen molar-refractivity contribution < 1.29 is 23.9 Å². The molecule has 1 aromatic heterocycles. The maximum Gasteiger partial charge on any atom is 0.311 e. The predicted molar refractivity (Wildman–Crippen MR) is 179 cm³/mol. The SMILES string of the molecule is COC(=O)[C@]1(C)CC[C@]2(C)CC[C@]3(C)C4=CC=C5C(=CC(=O)C(OCC(=O)NCc6cn(C(C)C)nn6)=C5C)[C@]4(C)CC[C@@]3(C)[C@@H]2C1. The van der Waals surface area contributed by atoms with E-state index in [2.05, 4.69) is 62.4 Å². The maximum atomic E-state index is 13.7. The average Bonchev–Trinajstić information content (AvgIpc) is 3.52. The zero-order valence-electron chi connectivity index (χ0n) is 29.7. The van der Waals surface area contributed by atoms with E-state index in [0.717, 1.165) is 61.7 Å². The molecule has 0 bridgehead atoms. The summed E-state index contributed by atoms with van der Waals surface area (Å²) in [7, 11) is 1.51. The van der Waals surface area contributed by atoms with Crippen LogP contribution in [-0.4, -0.2) is 46.4 Å². The molecule has 0 unspecified atom stereocenters. The van der Waals surface area contributed by atoms with Crippen molar-refractivity contribution in [1.82, 2.24) is 20.3 Å². The summed E-state index contributed by atoms with van der Waals surface area (Å²) < 4.78 is 13.0. The number of carbonyl (C=O) groups excluding carboxylic acids is 3. The number of methoxy groups -OCH3 is 1. The van der Waals surface area contributed by atoms with E-state index in [4.69, 9.17) is 9.47 Å². The fourth-order valence-electron chi connectivity index (χ4n) is 10.1. The minimum absolute atomic E-state index is 0.00112. The van der Waals surface area contributed by atoms with E-state index >= 15 is 0 Å². The van der Waals surface area contributed by atoms with Crippen molar-refractivity contribution in [2.24, 2.45) is 33.0 Å². The van der Waals surface area contributed by atoms with Gasteiger partial charge < -0.3 is 14.8 Å². The van der Waals surface area contributed by atoms with Crippen molar-refractivity contribution in [2.45, 2.75) is 113 Å². The Morgan fingerprint density at radius 3 is 2.45 bits per heavy atom. The highest BCUT2D eigenvalue weighted by atomic mass is 16.5. The van der Waals surface area contributed by atoms with Gasteiger partial charge in [-0.3, -0.25) is 14.4 Å². The van der Waals surface area contributed by atoms with E-state index in [1.165, 1.54) is 12.7 Å². The number of amides is 1. The van der Waals surface area contributed by atoms with Gasteiger partial charge in [-0.05, 0) is 112 Å². The van der Waals surface area contributed by atoms with E-state index in [-0.39, 0.29) is 64.3 Å². The molecule has 1 amide bonds. The number of carbonyl (C=O) groups is 3. The van der Waals surface area contributed by atoms with Crippen LogP contribution < -0.4 is 5.32 Å². The van der Waals surface area contributed by atoms with E-state index < -0.39 is 5.41 Å². The molecule has 3 saturated carbocycles. The Labute approximate surface area is 279 Å². The Morgan fingerprint density at radius 2 is 1.77 bits per heavy atom. The summed E-state index contributed by atoms with van der Waals surface area (Å²) in [5.41, 5.74) is 4.26. The number of allylic oxidation sites excluding steroid dienone is 7. The van der Waals surface area contributed by atoms with Crippen LogP contribution in [0, 0.1) is 33.0 Å². The number of fused-ring (bicyclic) bond motifs is 7. The molecule has 0 saturated heterocycles. The molecule has 0 radical (unpaired) electrons. The van der Waals surface area contributed by atoms with Crippen LogP contribution in [0.3, 0.4) is 0 Å². The summed E-state index contributed by atoms with van der Waals surface area (Å²) in [6, 6.07) is 0.184. The van der Waals surface area contributed by atoms with Crippen LogP contribution >= 0.6 is 0 Å². The van der Waals surface area contributed by atoms with E-state index in [1.54, 1.807) is 10.8 Å². The first-order chi connectivity index (χ1) is 22.0. The Hall–Kier alpha value is -3.49. The molecule has 6 rings (SSSR count). The third-order valence-corrected chi connectivity index (χ3v) is 13.4. The summed E-state index contributed by atoms with van der Waals surface area (Å²) in [5.74, 6) is 0.0132. The average molecular weight is 645 g/mol. The third kappa shape index (κ3) is 5.05. The van der Waals surface area contributed by atoms with Crippen molar-refractivity contribution >= 4 is 17.7 Å². The lowest BCUT2D eigenvalue weighted by Crippen LogP contribution is -2.62. The molecule has 47 heavy (non-hydrogen) atoms. The Kier molecular flexibility index (Phi) is 8.03. The smallest absolute Gasteiger partial charge is 0.311 e. The zero-order valence-corrected chi connectivity index (χ0v) is 29.7. The zero-order chi connectivity index (χ0) is 34.2. The van der Waals surface area contributed by atoms with Crippen molar-refractivity contribution in [3.05, 3.63) is 58.2 Å². The summed E-state index contributed by atoms with van der Waals surface area (Å²) in [6.45, 7) is 17.7. The van der Waals surface area contributed by atoms with Gasteiger partial charge in [0, 0.05) is 17.0 Å². The highest BCUT2D eigenvalue weighted by molar-refractivity contribution is 6.07. The monoisotopic (exact) mass is 644 g/mol. The van der Waals surface area contributed by atoms with Crippen molar-refractivity contribution in [3.63, 3.8) is 0 Å². The number of esters is 1. The minimum atomic E-state index is -0.462. The summed E-state index contributed by atoms with van der Waals surface area (Å²) in [6.07, 6.45) is 15.0. The van der Waals surface area contributed by atoms with Crippen molar-refractivity contribution in [2.75, 3.05) is 13.7 Å². The number of rotatable bonds is 7. The number of aromatic nitrogens is 3. The molecule has 1 N–H and O–H groups in total. The molecule has 9 nitrogen and oxygen atoms in total. The fourth-order valence-corrected chi connectivity index (χ4v) is 10.1. The number of nitrogens with one attached hydrogen (secondary N) is 1. The second kappa shape index (κ2) is 11.3. The van der Waals surface area contributed by atoms with Gasteiger partial charge in [-0.2, -0.15) is 0 Å². The topological polar surface area (TPSA) is 112 Å². The van der Waals surface area contributed by atoms with E-state index in [9.17, 15) is 14.4 Å². The normalized spacial score (nSPS) is 36.3. The van der Waals surface area contributed by atoms with Gasteiger partial charge in [-0.1, -0.05) is 50.6 Å². The van der Waals surface area contributed by atoms with Crippen LogP contribution in [0.15, 0.2) is 52.5 Å². The molecular formula is C38H52N4O5. The lowest BCUT2D eigenvalue weighted by Gasteiger charge is -2.70. The second-order valence-corrected chi connectivity index (χ2v) is 16.4. The summed E-state index contributed by atoms with van der Waals surface area (Å²) >= 11 is 0. The van der Waals surface area contributed by atoms with Crippen LogP contribution in [0.5, 0.6) is 0 Å². The Bertz CT molecular complexity index is 1650. The molecule has 5 aliphatic carbocycles. The molecule has 6 atom stereocenters. The maximum absolute atomic E-state index is 13.7. The van der Waals surface area contributed by atoms with Crippen LogP contribution in [0.4, 0.5) is 0 Å². The van der Waals surface area contributed by atoms with Crippen LogP contribution in [0.25, 0.3) is 0 Å². The van der Waals surface area contributed by atoms with Crippen molar-refractivity contribution in [1.29, 1.82) is 0 Å². The lowest BCUT2D eigenvalue weighted by molar-refractivity contribution is -0.180. The van der Waals surface area contributed by atoms with Gasteiger partial charge in [0.15, 0.2) is 12.4 Å². The first-order valence-corrected chi connectivity index (χ1v) is 17.3. The van der Waals surface area contributed by atoms with Gasteiger partial charge in [-0.25, -0.2) is 4.68 Å². The van der Waals surface area contributed by atoms with E-state index in [0.29, 0.717) is 11.6 Å². The van der Waals surface area contributed by atoms with E-state index in [1.807, 2.05) is 27.0 Å². The molecular weight excluding hydrogens is 592 g/mol. The standard InChI is InChI=1S/C38H52N4O5/c1-23(2)42-21-25(40-41-42)20-39-31(44)22-47-32-24(3)26-10-11-29-36(6,27(26)18-28(32)43)15-17-38(8)30-19-35(5,33(45)46-9)13-12-34(30,4)14-16-37(29,38)7/h10-11,18,21,23,30H,12-17,19-20,22H2,1-9H3,(H,39,44)/t30-,34-,35-,36+,37-,38+/m1/s1. The van der Waals surface area contributed by atoms with Crippen LogP contribution in [0.1, 0.15) is 112 Å². The molecule has 1 aromatic rings. The second-order valence-electron chi connectivity index (χ2n) is 16.4. The Balaban J connectivity index is 1.24. The molecule has 254 valence electrons.